The number of benzene rings is 2. The van der Waals surface area contributed by atoms with Crippen LogP contribution in [0.15, 0.2) is 60.9 Å². The fraction of sp³-hybridized carbons (Fsp3) is 0.346. The maximum atomic E-state index is 5.31. The van der Waals surface area contributed by atoms with Gasteiger partial charge in [0.25, 0.3) is 0 Å². The molecule has 0 spiro atoms. The van der Waals surface area contributed by atoms with Gasteiger partial charge in [-0.15, -0.1) is 0 Å². The third-order valence-corrected chi connectivity index (χ3v) is 5.77. The summed E-state index contributed by atoms with van der Waals surface area (Å²) in [6.07, 6.45) is 1.81. The van der Waals surface area contributed by atoms with E-state index in [4.69, 9.17) is 14.7 Å². The zero-order valence-electron chi connectivity index (χ0n) is 20.0. The number of aromatic nitrogens is 4. The highest BCUT2D eigenvalue weighted by molar-refractivity contribution is 5.86. The highest BCUT2D eigenvalue weighted by Crippen LogP contribution is 2.27. The lowest BCUT2D eigenvalue weighted by Gasteiger charge is -2.30. The normalized spacial score (nSPS) is 11.6. The molecule has 7 nitrogen and oxygen atoms in total. The Labute approximate surface area is 195 Å². The van der Waals surface area contributed by atoms with Crippen LogP contribution >= 0.6 is 0 Å². The molecule has 2 aromatic heterocycles. The van der Waals surface area contributed by atoms with Crippen LogP contribution < -0.4 is 10.1 Å². The molecule has 4 rings (SSSR count). The largest absolute Gasteiger partial charge is 0.497 e. The van der Waals surface area contributed by atoms with Gasteiger partial charge in [0.2, 0.25) is 0 Å². The zero-order chi connectivity index (χ0) is 23.4. The first kappa shape index (κ1) is 22.7. The van der Waals surface area contributed by atoms with E-state index in [-0.39, 0.29) is 0 Å². The summed E-state index contributed by atoms with van der Waals surface area (Å²) in [4.78, 5) is 16.9. The van der Waals surface area contributed by atoms with Crippen LogP contribution in [-0.4, -0.2) is 56.7 Å². The lowest BCUT2D eigenvalue weighted by atomic mass is 10.2. The summed E-state index contributed by atoms with van der Waals surface area (Å²) in [5.74, 6) is 2.19. The summed E-state index contributed by atoms with van der Waals surface area (Å²) in [5.41, 5.74) is 3.47. The standard InChI is InChI=1S/C26H32N6O/c1-18(2)31(19(3)4)16-15-27-25-23-26(32(17-28-23)21-9-7-6-8-10-21)30-24(29-25)20-11-13-22(33-5)14-12-20/h6-14,17-19H,15-16H2,1-5H3,(H,27,29,30). The van der Waals surface area contributed by atoms with Crippen molar-refractivity contribution in [2.45, 2.75) is 39.8 Å². The number of ether oxygens (including phenoxy) is 1. The van der Waals surface area contributed by atoms with Crippen LogP contribution in [0.5, 0.6) is 5.75 Å². The van der Waals surface area contributed by atoms with Crippen molar-refractivity contribution in [3.8, 4) is 22.8 Å². The highest BCUT2D eigenvalue weighted by Gasteiger charge is 2.17. The maximum Gasteiger partial charge on any atom is 0.170 e. The Bertz CT molecular complexity index is 1180. The number of hydrogen-bond acceptors (Lipinski definition) is 6. The molecule has 4 aromatic rings. The first-order chi connectivity index (χ1) is 16.0. The zero-order valence-corrected chi connectivity index (χ0v) is 20.0. The van der Waals surface area contributed by atoms with Gasteiger partial charge >= 0.3 is 0 Å². The van der Waals surface area contributed by atoms with Crippen molar-refractivity contribution in [1.29, 1.82) is 0 Å². The van der Waals surface area contributed by atoms with E-state index in [1.54, 1.807) is 7.11 Å². The Balaban J connectivity index is 1.73. The van der Waals surface area contributed by atoms with Gasteiger partial charge in [-0.3, -0.25) is 9.47 Å². The van der Waals surface area contributed by atoms with Crippen molar-refractivity contribution in [2.24, 2.45) is 0 Å². The number of imidazole rings is 1. The van der Waals surface area contributed by atoms with E-state index in [9.17, 15) is 0 Å². The second-order valence-electron chi connectivity index (χ2n) is 8.60. The predicted octanol–water partition coefficient (Wildman–Crippen LogP) is 5.02. The molecule has 0 aliphatic carbocycles. The molecule has 0 amide bonds. The highest BCUT2D eigenvalue weighted by atomic mass is 16.5. The van der Waals surface area contributed by atoms with E-state index in [1.165, 1.54) is 0 Å². The summed E-state index contributed by atoms with van der Waals surface area (Å²) >= 11 is 0. The van der Waals surface area contributed by atoms with Crippen LogP contribution in [-0.2, 0) is 0 Å². The molecule has 0 saturated carbocycles. The molecule has 0 atom stereocenters. The first-order valence-electron chi connectivity index (χ1n) is 11.4. The van der Waals surface area contributed by atoms with Gasteiger partial charge in [0.15, 0.2) is 22.8 Å². The van der Waals surface area contributed by atoms with Crippen LogP contribution in [0.25, 0.3) is 28.2 Å². The van der Waals surface area contributed by atoms with Crippen molar-refractivity contribution in [1.82, 2.24) is 24.4 Å². The lowest BCUT2D eigenvalue weighted by Crippen LogP contribution is -2.40. The van der Waals surface area contributed by atoms with Gasteiger partial charge in [0.05, 0.1) is 7.11 Å². The van der Waals surface area contributed by atoms with Crippen LogP contribution in [0.1, 0.15) is 27.7 Å². The van der Waals surface area contributed by atoms with Gasteiger partial charge in [0, 0.05) is 36.4 Å². The monoisotopic (exact) mass is 444 g/mol. The number of hydrogen-bond donors (Lipinski definition) is 1. The third-order valence-electron chi connectivity index (χ3n) is 5.77. The molecule has 172 valence electrons. The first-order valence-corrected chi connectivity index (χ1v) is 11.4. The molecule has 0 unspecified atom stereocenters. The molecule has 0 radical (unpaired) electrons. The molecule has 1 N–H and O–H groups in total. The van der Waals surface area contributed by atoms with Gasteiger partial charge in [-0.25, -0.2) is 15.0 Å². The number of nitrogens with one attached hydrogen (secondary N) is 1. The summed E-state index contributed by atoms with van der Waals surface area (Å²) in [7, 11) is 1.66. The Hall–Kier alpha value is -3.45. The van der Waals surface area contributed by atoms with Gasteiger partial charge in [-0.1, -0.05) is 18.2 Å². The molecule has 0 saturated heterocycles. The van der Waals surface area contributed by atoms with E-state index in [1.807, 2.05) is 65.5 Å². The molecule has 0 aliphatic rings. The van der Waals surface area contributed by atoms with Crippen molar-refractivity contribution < 1.29 is 4.74 Å². The molecule has 7 heteroatoms. The molecular formula is C26H32N6O. The Morgan fingerprint density at radius 2 is 1.64 bits per heavy atom. The second-order valence-corrected chi connectivity index (χ2v) is 8.60. The SMILES string of the molecule is COc1ccc(-c2nc(NCCN(C(C)C)C(C)C)c3ncn(-c4ccccc4)c3n2)cc1. The van der Waals surface area contributed by atoms with Crippen molar-refractivity contribution in [3.63, 3.8) is 0 Å². The van der Waals surface area contributed by atoms with Crippen LogP contribution in [0.4, 0.5) is 5.82 Å². The molecular weight excluding hydrogens is 412 g/mol. The van der Waals surface area contributed by atoms with E-state index >= 15 is 0 Å². The fourth-order valence-electron chi connectivity index (χ4n) is 4.09. The molecule has 0 aliphatic heterocycles. The number of para-hydroxylation sites is 1. The number of rotatable bonds is 9. The van der Waals surface area contributed by atoms with Gasteiger partial charge in [-0.05, 0) is 64.1 Å². The smallest absolute Gasteiger partial charge is 0.170 e. The summed E-state index contributed by atoms with van der Waals surface area (Å²) in [6, 6.07) is 18.9. The van der Waals surface area contributed by atoms with Crippen molar-refractivity contribution in [2.75, 3.05) is 25.5 Å². The topological polar surface area (TPSA) is 68.1 Å². The minimum atomic E-state index is 0.476. The predicted molar refractivity (Wildman–Crippen MR) is 134 cm³/mol. The lowest BCUT2D eigenvalue weighted by molar-refractivity contribution is 0.182. The van der Waals surface area contributed by atoms with E-state index in [0.717, 1.165) is 47.1 Å². The van der Waals surface area contributed by atoms with Crippen molar-refractivity contribution in [3.05, 3.63) is 60.9 Å². The quantitative estimate of drug-likeness (QED) is 0.391. The summed E-state index contributed by atoms with van der Waals surface area (Å²) in [5, 5.41) is 3.53. The van der Waals surface area contributed by atoms with E-state index in [2.05, 4.69) is 42.9 Å². The minimum Gasteiger partial charge on any atom is -0.497 e. The number of fused-ring (bicyclic) bond motifs is 1. The molecule has 2 heterocycles. The van der Waals surface area contributed by atoms with E-state index < -0.39 is 0 Å². The molecule has 0 bridgehead atoms. The van der Waals surface area contributed by atoms with E-state index in [0.29, 0.717) is 17.9 Å². The van der Waals surface area contributed by atoms with Crippen LogP contribution in [0.3, 0.4) is 0 Å². The minimum absolute atomic E-state index is 0.476. The Morgan fingerprint density at radius 1 is 0.939 bits per heavy atom. The Morgan fingerprint density at radius 3 is 2.27 bits per heavy atom. The van der Waals surface area contributed by atoms with Gasteiger partial charge < -0.3 is 10.1 Å². The van der Waals surface area contributed by atoms with Crippen molar-refractivity contribution >= 4 is 17.0 Å². The third kappa shape index (κ3) is 4.98. The van der Waals surface area contributed by atoms with Crippen LogP contribution in [0.2, 0.25) is 0 Å². The second kappa shape index (κ2) is 10.0. The maximum absolute atomic E-state index is 5.31. The van der Waals surface area contributed by atoms with Crippen LogP contribution in [0, 0.1) is 0 Å². The van der Waals surface area contributed by atoms with Gasteiger partial charge in [0.1, 0.15) is 12.1 Å². The molecule has 33 heavy (non-hydrogen) atoms. The number of anilines is 1. The fourth-order valence-corrected chi connectivity index (χ4v) is 4.09. The summed E-state index contributed by atoms with van der Waals surface area (Å²) in [6.45, 7) is 10.6. The average molecular weight is 445 g/mol. The molecule has 0 fully saturated rings. The number of methoxy groups -OCH3 is 1. The summed E-state index contributed by atoms with van der Waals surface area (Å²) < 4.78 is 7.31. The van der Waals surface area contributed by atoms with Gasteiger partial charge in [-0.2, -0.15) is 0 Å². The average Bonchev–Trinajstić information content (AvgIpc) is 3.26. The number of nitrogens with zero attached hydrogens (tertiary/aromatic N) is 5. The Kier molecular flexibility index (Phi) is 6.89. The molecule has 2 aromatic carbocycles.